The highest BCUT2D eigenvalue weighted by molar-refractivity contribution is 6.10. The van der Waals surface area contributed by atoms with Crippen molar-refractivity contribution < 1.29 is 14.3 Å². The summed E-state index contributed by atoms with van der Waals surface area (Å²) in [5.74, 6) is 0.250. The first-order chi connectivity index (χ1) is 7.99. The van der Waals surface area contributed by atoms with Crippen LogP contribution in [0.2, 0.25) is 0 Å². The lowest BCUT2D eigenvalue weighted by Crippen LogP contribution is -2.34. The maximum atomic E-state index is 12.0. The second kappa shape index (κ2) is 3.21. The maximum absolute atomic E-state index is 12.0. The third kappa shape index (κ3) is 1.23. The first-order valence-electron chi connectivity index (χ1n) is 6.39. The molecule has 1 saturated heterocycles. The third-order valence-corrected chi connectivity index (χ3v) is 5.23. The van der Waals surface area contributed by atoms with Crippen molar-refractivity contribution in [3.05, 3.63) is 11.6 Å². The van der Waals surface area contributed by atoms with E-state index in [0.29, 0.717) is 18.8 Å². The van der Waals surface area contributed by atoms with Crippen molar-refractivity contribution in [3.8, 4) is 0 Å². The number of rotatable bonds is 0. The average Bonchev–Trinajstić information content (AvgIpc) is 2.74. The van der Waals surface area contributed by atoms with Crippen molar-refractivity contribution in [3.63, 3.8) is 0 Å². The van der Waals surface area contributed by atoms with E-state index in [2.05, 4.69) is 19.9 Å². The molecule has 3 aliphatic rings. The molecule has 0 aromatic heterocycles. The van der Waals surface area contributed by atoms with E-state index in [1.807, 2.05) is 0 Å². The number of carbonyl (C=O) groups excluding carboxylic acids is 2. The highest BCUT2D eigenvalue weighted by Gasteiger charge is 2.62. The van der Waals surface area contributed by atoms with Crippen molar-refractivity contribution >= 4 is 11.8 Å². The summed E-state index contributed by atoms with van der Waals surface area (Å²) < 4.78 is 4.97. The van der Waals surface area contributed by atoms with Crippen LogP contribution < -0.4 is 0 Å². The zero-order valence-corrected chi connectivity index (χ0v) is 10.4. The van der Waals surface area contributed by atoms with Crippen LogP contribution in [-0.2, 0) is 14.3 Å². The minimum atomic E-state index is -0.834. The smallest absolute Gasteiger partial charge is 0.320 e. The lowest BCUT2D eigenvalue weighted by Gasteiger charge is -2.37. The van der Waals surface area contributed by atoms with E-state index >= 15 is 0 Å². The number of allylic oxidation sites excluding steroid dienone is 2. The summed E-state index contributed by atoms with van der Waals surface area (Å²) >= 11 is 0. The molecule has 1 heterocycles. The van der Waals surface area contributed by atoms with Crippen molar-refractivity contribution in [1.82, 2.24) is 0 Å². The van der Waals surface area contributed by atoms with Gasteiger partial charge in [0, 0.05) is 0 Å². The fraction of sp³-hybridized carbons (Fsp3) is 0.714. The Morgan fingerprint density at radius 1 is 1.41 bits per heavy atom. The Morgan fingerprint density at radius 2 is 2.18 bits per heavy atom. The molecule has 17 heavy (non-hydrogen) atoms. The molecule has 3 rings (SSSR count). The third-order valence-electron chi connectivity index (χ3n) is 5.23. The molecule has 1 spiro atoms. The highest BCUT2D eigenvalue weighted by Crippen LogP contribution is 2.60. The van der Waals surface area contributed by atoms with E-state index in [1.54, 1.807) is 0 Å². The van der Waals surface area contributed by atoms with Gasteiger partial charge in [-0.05, 0) is 37.0 Å². The van der Waals surface area contributed by atoms with E-state index in [0.717, 1.165) is 12.8 Å². The van der Waals surface area contributed by atoms with Crippen LogP contribution in [0.15, 0.2) is 11.6 Å². The number of cyclic esters (lactones) is 1. The van der Waals surface area contributed by atoms with Gasteiger partial charge in [0.05, 0.1) is 0 Å². The average molecular weight is 234 g/mol. The first kappa shape index (κ1) is 11.0. The Bertz CT molecular complexity index is 419. The number of Topliss-reactive ketones (excluding diaryl/α,β-unsaturated/α-hetero) is 1. The summed E-state index contributed by atoms with van der Waals surface area (Å²) in [6, 6.07) is 0. The summed E-state index contributed by atoms with van der Waals surface area (Å²) in [5.41, 5.74) is 0.500. The number of fused-ring (bicyclic) bond motifs is 1. The molecular weight excluding hydrogens is 216 g/mol. The minimum Gasteiger partial charge on any atom is -0.457 e. The Balaban J connectivity index is 2.05. The van der Waals surface area contributed by atoms with Crippen molar-refractivity contribution in [1.29, 1.82) is 0 Å². The molecule has 0 aromatic rings. The van der Waals surface area contributed by atoms with Crippen LogP contribution in [0.1, 0.15) is 39.5 Å². The standard InChI is InChI=1S/C14H18O3/c1-9-4-3-5-10-6-14(8-13(9,10)2)11(15)7-17-12(14)16/h5,9H,3-4,6-8H2,1-2H3/t9-,13+,14-/m0/s1. The van der Waals surface area contributed by atoms with E-state index < -0.39 is 5.41 Å². The first-order valence-corrected chi connectivity index (χ1v) is 6.39. The summed E-state index contributed by atoms with van der Waals surface area (Å²) in [4.78, 5) is 24.0. The van der Waals surface area contributed by atoms with Gasteiger partial charge >= 0.3 is 5.97 Å². The monoisotopic (exact) mass is 234 g/mol. The topological polar surface area (TPSA) is 43.4 Å². The van der Waals surface area contributed by atoms with Crippen LogP contribution in [0.5, 0.6) is 0 Å². The number of ether oxygens (including phenoxy) is 1. The Morgan fingerprint density at radius 3 is 2.76 bits per heavy atom. The quantitative estimate of drug-likeness (QED) is 0.367. The van der Waals surface area contributed by atoms with Gasteiger partial charge in [0.15, 0.2) is 12.4 Å². The second-order valence-corrected chi connectivity index (χ2v) is 6.06. The second-order valence-electron chi connectivity index (χ2n) is 6.06. The van der Waals surface area contributed by atoms with E-state index in [9.17, 15) is 9.59 Å². The van der Waals surface area contributed by atoms with Crippen LogP contribution in [-0.4, -0.2) is 18.4 Å². The lowest BCUT2D eigenvalue weighted by molar-refractivity contribution is -0.147. The Kier molecular flexibility index (Phi) is 2.08. The van der Waals surface area contributed by atoms with Gasteiger partial charge in [-0.15, -0.1) is 0 Å². The SMILES string of the molecule is C[C@H]1CCC=C2C[C@]3(C[C@@]21C)C(=O)COC3=O. The lowest BCUT2D eigenvalue weighted by atomic mass is 9.67. The number of hydrogen-bond acceptors (Lipinski definition) is 3. The Hall–Kier alpha value is -1.12. The van der Waals surface area contributed by atoms with Crippen LogP contribution in [0.3, 0.4) is 0 Å². The fourth-order valence-electron chi connectivity index (χ4n) is 3.81. The number of carbonyl (C=O) groups is 2. The predicted molar refractivity (Wildman–Crippen MR) is 62.2 cm³/mol. The highest BCUT2D eigenvalue weighted by atomic mass is 16.5. The fourth-order valence-corrected chi connectivity index (χ4v) is 3.81. The van der Waals surface area contributed by atoms with Crippen LogP contribution >= 0.6 is 0 Å². The summed E-state index contributed by atoms with van der Waals surface area (Å²) in [6.07, 6.45) is 5.73. The minimum absolute atomic E-state index is 0.00812. The van der Waals surface area contributed by atoms with Crippen LogP contribution in [0.25, 0.3) is 0 Å². The van der Waals surface area contributed by atoms with Crippen molar-refractivity contribution in [2.75, 3.05) is 6.61 Å². The molecular formula is C14H18O3. The predicted octanol–water partition coefficient (Wildman–Crippen LogP) is 2.26. The number of hydrogen-bond donors (Lipinski definition) is 0. The van der Waals surface area contributed by atoms with E-state index in [4.69, 9.17) is 4.74 Å². The summed E-state index contributed by atoms with van der Waals surface area (Å²) in [6.45, 7) is 4.42. The van der Waals surface area contributed by atoms with Gasteiger partial charge in [-0.3, -0.25) is 9.59 Å². The zero-order chi connectivity index (χ0) is 12.3. The molecule has 0 bridgehead atoms. The normalized spacial score (nSPS) is 44.8. The summed E-state index contributed by atoms with van der Waals surface area (Å²) in [5, 5.41) is 0. The van der Waals surface area contributed by atoms with Gasteiger partial charge in [0.25, 0.3) is 0 Å². The molecule has 0 unspecified atom stereocenters. The van der Waals surface area contributed by atoms with E-state index in [1.165, 1.54) is 5.57 Å². The molecule has 0 radical (unpaired) electrons. The van der Waals surface area contributed by atoms with Gasteiger partial charge in [0.1, 0.15) is 5.41 Å². The Labute approximate surface area is 101 Å². The maximum Gasteiger partial charge on any atom is 0.320 e. The van der Waals surface area contributed by atoms with Crippen LogP contribution in [0, 0.1) is 16.7 Å². The zero-order valence-electron chi connectivity index (χ0n) is 10.4. The van der Waals surface area contributed by atoms with Gasteiger partial charge in [-0.2, -0.15) is 0 Å². The molecule has 1 aliphatic heterocycles. The molecule has 2 aliphatic carbocycles. The van der Waals surface area contributed by atoms with Gasteiger partial charge < -0.3 is 4.74 Å². The van der Waals surface area contributed by atoms with Crippen molar-refractivity contribution in [2.45, 2.75) is 39.5 Å². The number of ketones is 1. The van der Waals surface area contributed by atoms with Gasteiger partial charge in [-0.1, -0.05) is 25.5 Å². The molecule has 0 aromatic carbocycles. The number of esters is 1. The van der Waals surface area contributed by atoms with E-state index in [-0.39, 0.29) is 23.8 Å². The molecule has 2 fully saturated rings. The molecule has 3 atom stereocenters. The van der Waals surface area contributed by atoms with Crippen molar-refractivity contribution in [2.24, 2.45) is 16.7 Å². The molecule has 0 amide bonds. The molecule has 1 saturated carbocycles. The van der Waals surface area contributed by atoms with Gasteiger partial charge in [-0.25, -0.2) is 0 Å². The van der Waals surface area contributed by atoms with Gasteiger partial charge in [0.2, 0.25) is 0 Å². The largest absolute Gasteiger partial charge is 0.457 e. The molecule has 0 N–H and O–H groups in total. The summed E-state index contributed by atoms with van der Waals surface area (Å²) in [7, 11) is 0. The van der Waals surface area contributed by atoms with Crippen LogP contribution in [0.4, 0.5) is 0 Å². The molecule has 92 valence electrons. The molecule has 3 heteroatoms. The molecule has 3 nitrogen and oxygen atoms in total.